The first-order valence-corrected chi connectivity index (χ1v) is 8.08. The highest BCUT2D eigenvalue weighted by Crippen LogP contribution is 2.28. The summed E-state index contributed by atoms with van der Waals surface area (Å²) in [6, 6.07) is 18.3. The number of aromatic amines is 1. The molecule has 5 rings (SSSR count). The maximum atomic E-state index is 8.39. The van der Waals surface area contributed by atoms with Crippen LogP contribution in [0.4, 0.5) is 0 Å². The summed E-state index contributed by atoms with van der Waals surface area (Å²) in [7, 11) is 0. The highest BCUT2D eigenvalue weighted by Gasteiger charge is 2.11. The minimum Gasteiger partial charge on any atom is -0.340 e. The van der Waals surface area contributed by atoms with Crippen LogP contribution in [0.25, 0.3) is 38.4 Å². The fourth-order valence-corrected chi connectivity index (χ4v) is 3.64. The van der Waals surface area contributed by atoms with Crippen LogP contribution in [-0.2, 0) is 0 Å². The summed E-state index contributed by atoms with van der Waals surface area (Å²) in [5.74, 6) is 0. The monoisotopic (exact) mass is 362 g/mol. The standard InChI is InChI=1S/C18H11BrN4/c19-11-7-8-13-12(9-11)17-21-14-5-1-3-10-4-2-6-15(16(10)14)23(17)18(20)22-13/h1-9,20-21H. The first-order chi connectivity index (χ1) is 11.2. The van der Waals surface area contributed by atoms with Gasteiger partial charge in [-0.2, -0.15) is 0 Å². The number of halogens is 1. The van der Waals surface area contributed by atoms with Crippen LogP contribution in [0.1, 0.15) is 0 Å². The predicted molar refractivity (Wildman–Crippen MR) is 95.6 cm³/mol. The molecule has 0 aliphatic carbocycles. The Morgan fingerprint density at radius 3 is 2.74 bits per heavy atom. The first kappa shape index (κ1) is 12.8. The molecule has 0 aliphatic heterocycles. The van der Waals surface area contributed by atoms with Crippen molar-refractivity contribution in [3.8, 4) is 0 Å². The molecule has 3 aromatic carbocycles. The van der Waals surface area contributed by atoms with Crippen molar-refractivity contribution in [3.63, 3.8) is 0 Å². The maximum absolute atomic E-state index is 8.39. The molecule has 0 bridgehead atoms. The highest BCUT2D eigenvalue weighted by molar-refractivity contribution is 9.10. The zero-order chi connectivity index (χ0) is 15.6. The zero-order valence-electron chi connectivity index (χ0n) is 12.0. The molecule has 2 aromatic heterocycles. The van der Waals surface area contributed by atoms with E-state index in [1.807, 2.05) is 40.8 Å². The van der Waals surface area contributed by atoms with Gasteiger partial charge in [-0.25, -0.2) is 4.98 Å². The number of nitrogens with one attached hydrogen (secondary N) is 2. The minimum atomic E-state index is 0.226. The van der Waals surface area contributed by atoms with E-state index >= 15 is 0 Å². The molecule has 0 saturated carbocycles. The summed E-state index contributed by atoms with van der Waals surface area (Å²) in [6.45, 7) is 0. The third-order valence-electron chi connectivity index (χ3n) is 4.25. The molecule has 0 amide bonds. The Morgan fingerprint density at radius 1 is 1.04 bits per heavy atom. The lowest BCUT2D eigenvalue weighted by atomic mass is 10.1. The summed E-state index contributed by atoms with van der Waals surface area (Å²) in [5, 5.41) is 11.7. The van der Waals surface area contributed by atoms with Gasteiger partial charge in [-0.1, -0.05) is 40.2 Å². The third kappa shape index (κ3) is 1.71. The average Bonchev–Trinajstić information content (AvgIpc) is 2.56. The van der Waals surface area contributed by atoms with Gasteiger partial charge >= 0.3 is 0 Å². The van der Waals surface area contributed by atoms with Crippen molar-refractivity contribution < 1.29 is 0 Å². The highest BCUT2D eigenvalue weighted by atomic mass is 79.9. The van der Waals surface area contributed by atoms with E-state index in [-0.39, 0.29) is 5.62 Å². The Labute approximate surface area is 139 Å². The van der Waals surface area contributed by atoms with Crippen LogP contribution >= 0.6 is 15.9 Å². The van der Waals surface area contributed by atoms with Crippen molar-refractivity contribution in [2.45, 2.75) is 0 Å². The lowest BCUT2D eigenvalue weighted by Gasteiger charge is -2.13. The van der Waals surface area contributed by atoms with E-state index in [2.05, 4.69) is 44.1 Å². The number of hydrogen-bond acceptors (Lipinski definition) is 2. The minimum absolute atomic E-state index is 0.226. The number of rotatable bonds is 0. The molecular weight excluding hydrogens is 352 g/mol. The molecule has 110 valence electrons. The second-order valence-corrected chi connectivity index (χ2v) is 6.50. The van der Waals surface area contributed by atoms with Crippen LogP contribution in [0, 0.1) is 5.41 Å². The van der Waals surface area contributed by atoms with Crippen LogP contribution in [0.5, 0.6) is 0 Å². The Morgan fingerprint density at radius 2 is 1.87 bits per heavy atom. The molecule has 0 radical (unpaired) electrons. The summed E-state index contributed by atoms with van der Waals surface area (Å²) in [6.07, 6.45) is 0. The van der Waals surface area contributed by atoms with Gasteiger partial charge in [-0.05, 0) is 35.7 Å². The molecule has 2 N–H and O–H groups in total. The molecular formula is C18H11BrN4. The topological polar surface area (TPSA) is 56.9 Å². The van der Waals surface area contributed by atoms with Gasteiger partial charge < -0.3 is 4.98 Å². The number of aromatic nitrogens is 3. The largest absolute Gasteiger partial charge is 0.340 e. The third-order valence-corrected chi connectivity index (χ3v) is 4.75. The Bertz CT molecular complexity index is 1290. The number of nitrogens with zero attached hydrogens (tertiary/aromatic N) is 2. The van der Waals surface area contributed by atoms with E-state index in [0.717, 1.165) is 42.8 Å². The van der Waals surface area contributed by atoms with Gasteiger partial charge in [0.05, 0.1) is 11.0 Å². The fourth-order valence-electron chi connectivity index (χ4n) is 3.28. The van der Waals surface area contributed by atoms with E-state index in [9.17, 15) is 0 Å². The normalized spacial score (nSPS) is 11.9. The van der Waals surface area contributed by atoms with Gasteiger partial charge in [-0.15, -0.1) is 0 Å². The van der Waals surface area contributed by atoms with Crippen LogP contribution in [0.3, 0.4) is 0 Å². The lowest BCUT2D eigenvalue weighted by Crippen LogP contribution is -2.19. The second kappa shape index (κ2) is 4.43. The average molecular weight is 363 g/mol. The van der Waals surface area contributed by atoms with E-state index in [0.29, 0.717) is 0 Å². The van der Waals surface area contributed by atoms with Crippen molar-refractivity contribution in [1.29, 1.82) is 5.41 Å². The van der Waals surface area contributed by atoms with Gasteiger partial charge in [0.2, 0.25) is 5.62 Å². The predicted octanol–water partition coefficient (Wildman–Crippen LogP) is 4.36. The smallest absolute Gasteiger partial charge is 0.228 e. The second-order valence-electron chi connectivity index (χ2n) is 5.59. The van der Waals surface area contributed by atoms with Gasteiger partial charge in [0.1, 0.15) is 5.65 Å². The van der Waals surface area contributed by atoms with Crippen LogP contribution < -0.4 is 5.62 Å². The summed E-state index contributed by atoms with van der Waals surface area (Å²) >= 11 is 3.53. The Balaban J connectivity index is 2.20. The molecule has 5 aromatic rings. The van der Waals surface area contributed by atoms with E-state index in [4.69, 9.17) is 5.41 Å². The quantitative estimate of drug-likeness (QED) is 0.312. The molecule has 0 saturated heterocycles. The van der Waals surface area contributed by atoms with Crippen molar-refractivity contribution in [2.75, 3.05) is 0 Å². The van der Waals surface area contributed by atoms with Crippen molar-refractivity contribution in [2.24, 2.45) is 0 Å². The molecule has 2 heterocycles. The molecule has 4 nitrogen and oxygen atoms in total. The summed E-state index contributed by atoms with van der Waals surface area (Å²) < 4.78 is 2.87. The maximum Gasteiger partial charge on any atom is 0.228 e. The molecule has 0 atom stereocenters. The van der Waals surface area contributed by atoms with Crippen LogP contribution in [0.15, 0.2) is 59.1 Å². The Kier molecular flexibility index (Phi) is 2.47. The number of benzene rings is 3. The number of hydrogen-bond donors (Lipinski definition) is 2. The van der Waals surface area contributed by atoms with E-state index in [1.165, 1.54) is 0 Å². The van der Waals surface area contributed by atoms with Gasteiger partial charge in [0, 0.05) is 20.8 Å². The molecule has 0 fully saturated rings. The molecule has 5 heteroatoms. The molecule has 0 unspecified atom stereocenters. The summed E-state index contributed by atoms with van der Waals surface area (Å²) in [5.41, 5.74) is 3.97. The molecule has 0 aliphatic rings. The van der Waals surface area contributed by atoms with Gasteiger partial charge in [0.25, 0.3) is 0 Å². The number of H-pyrrole nitrogens is 1. The molecule has 0 spiro atoms. The van der Waals surface area contributed by atoms with E-state index < -0.39 is 0 Å². The van der Waals surface area contributed by atoms with Crippen molar-refractivity contribution >= 4 is 54.3 Å². The van der Waals surface area contributed by atoms with Crippen LogP contribution in [0.2, 0.25) is 0 Å². The Hall–Kier alpha value is -2.66. The van der Waals surface area contributed by atoms with E-state index in [1.54, 1.807) is 0 Å². The molecule has 23 heavy (non-hydrogen) atoms. The fraction of sp³-hybridized carbons (Fsp3) is 0. The first-order valence-electron chi connectivity index (χ1n) is 7.28. The zero-order valence-corrected chi connectivity index (χ0v) is 13.6. The van der Waals surface area contributed by atoms with Gasteiger partial charge in [0.15, 0.2) is 0 Å². The van der Waals surface area contributed by atoms with Crippen molar-refractivity contribution in [1.82, 2.24) is 14.4 Å². The van der Waals surface area contributed by atoms with Crippen LogP contribution in [-0.4, -0.2) is 14.4 Å². The summed E-state index contributed by atoms with van der Waals surface area (Å²) in [4.78, 5) is 7.96. The lowest BCUT2D eigenvalue weighted by molar-refractivity contribution is 0.945. The number of fused-ring (bicyclic) bond motifs is 4. The van der Waals surface area contributed by atoms with Crippen molar-refractivity contribution in [3.05, 3.63) is 64.7 Å². The van der Waals surface area contributed by atoms with Gasteiger partial charge in [-0.3, -0.25) is 9.81 Å². The SMILES string of the molecule is N=c1nc2ccc(Br)cc2c2[nH]c3cccc4cccc(c43)n12.